The summed E-state index contributed by atoms with van der Waals surface area (Å²) in [7, 11) is -1.77. The van der Waals surface area contributed by atoms with E-state index in [4.69, 9.17) is 19.4 Å². The summed E-state index contributed by atoms with van der Waals surface area (Å²) in [5, 5.41) is 7.83. The Morgan fingerprint density at radius 2 is 1.98 bits per heavy atom. The lowest BCUT2D eigenvalue weighted by Gasteiger charge is -2.32. The van der Waals surface area contributed by atoms with Crippen LogP contribution in [-0.2, 0) is 25.9 Å². The van der Waals surface area contributed by atoms with Crippen molar-refractivity contribution in [3.05, 3.63) is 65.1 Å². The van der Waals surface area contributed by atoms with Gasteiger partial charge in [0.25, 0.3) is 0 Å². The van der Waals surface area contributed by atoms with E-state index in [1.54, 1.807) is 25.3 Å². The summed E-state index contributed by atoms with van der Waals surface area (Å²) in [5.41, 5.74) is 7.32. The molecule has 3 N–H and O–H groups in total. The van der Waals surface area contributed by atoms with Crippen LogP contribution in [0.25, 0.3) is 17.5 Å². The molecule has 2 unspecified atom stereocenters. The SMILES string of the molecule is CCCS(=O)(=O)Nc1cccc(-c2nc3c(c(NC4=CC=C5NN=CC5(C)C4)n2)CC(C)(OCCOC)C=C3)c1. The van der Waals surface area contributed by atoms with Gasteiger partial charge in [0.15, 0.2) is 5.82 Å². The van der Waals surface area contributed by atoms with Crippen LogP contribution < -0.4 is 15.5 Å². The molecule has 11 heteroatoms. The summed E-state index contributed by atoms with van der Waals surface area (Å²) in [6.07, 6.45) is 11.9. The van der Waals surface area contributed by atoms with Crippen molar-refractivity contribution < 1.29 is 17.9 Å². The van der Waals surface area contributed by atoms with Crippen LogP contribution in [0, 0.1) is 5.41 Å². The first-order valence-corrected chi connectivity index (χ1v) is 15.1. The van der Waals surface area contributed by atoms with Crippen molar-refractivity contribution in [1.82, 2.24) is 15.4 Å². The average Bonchev–Trinajstić information content (AvgIpc) is 3.29. The van der Waals surface area contributed by atoms with Gasteiger partial charge in [-0.25, -0.2) is 18.4 Å². The molecule has 0 bridgehead atoms. The van der Waals surface area contributed by atoms with Gasteiger partial charge in [-0.1, -0.05) is 25.1 Å². The minimum absolute atomic E-state index is 0.0566. The quantitative estimate of drug-likeness (QED) is 0.342. The van der Waals surface area contributed by atoms with E-state index < -0.39 is 15.6 Å². The average molecular weight is 565 g/mol. The van der Waals surface area contributed by atoms with Gasteiger partial charge in [0.1, 0.15) is 5.82 Å². The van der Waals surface area contributed by atoms with Crippen LogP contribution >= 0.6 is 0 Å². The van der Waals surface area contributed by atoms with Crippen LogP contribution in [0.3, 0.4) is 0 Å². The first kappa shape index (κ1) is 28.0. The Kier molecular flexibility index (Phi) is 7.80. The Labute approximate surface area is 235 Å². The predicted molar refractivity (Wildman–Crippen MR) is 158 cm³/mol. The van der Waals surface area contributed by atoms with Gasteiger partial charge in [-0.05, 0) is 50.6 Å². The van der Waals surface area contributed by atoms with Crippen molar-refractivity contribution >= 4 is 33.8 Å². The number of methoxy groups -OCH3 is 1. The molecule has 0 radical (unpaired) electrons. The fourth-order valence-corrected chi connectivity index (χ4v) is 6.20. The number of rotatable bonds is 11. The molecule has 0 saturated heterocycles. The van der Waals surface area contributed by atoms with E-state index in [1.165, 1.54) is 0 Å². The monoisotopic (exact) mass is 564 g/mol. The second-order valence-corrected chi connectivity index (χ2v) is 12.6. The van der Waals surface area contributed by atoms with E-state index in [9.17, 15) is 8.42 Å². The lowest BCUT2D eigenvalue weighted by Crippen LogP contribution is -2.33. The molecule has 0 spiro atoms. The van der Waals surface area contributed by atoms with Gasteiger partial charge in [0.2, 0.25) is 10.0 Å². The number of nitrogens with one attached hydrogen (secondary N) is 3. The maximum Gasteiger partial charge on any atom is 0.232 e. The Hall–Kier alpha value is -3.54. The van der Waals surface area contributed by atoms with Crippen molar-refractivity contribution in [2.75, 3.05) is 36.1 Å². The molecule has 5 rings (SSSR count). The number of benzene rings is 1. The van der Waals surface area contributed by atoms with Gasteiger partial charge in [0.05, 0.1) is 35.7 Å². The fraction of sp³-hybridized carbons (Fsp3) is 0.414. The first-order valence-electron chi connectivity index (χ1n) is 13.4. The zero-order chi connectivity index (χ0) is 28.4. The largest absolute Gasteiger partial charge is 0.382 e. The van der Waals surface area contributed by atoms with Crippen molar-refractivity contribution in [2.24, 2.45) is 10.5 Å². The number of allylic oxidation sites excluding steroid dienone is 4. The number of ether oxygens (including phenoxy) is 2. The van der Waals surface area contributed by atoms with Crippen LogP contribution in [0.15, 0.2) is 59.0 Å². The van der Waals surface area contributed by atoms with Crippen molar-refractivity contribution in [2.45, 2.75) is 45.6 Å². The summed E-state index contributed by atoms with van der Waals surface area (Å²) in [6.45, 7) is 7.00. The number of hydrazone groups is 1. The Bertz CT molecular complexity index is 1520. The molecular formula is C29H36N6O4S. The summed E-state index contributed by atoms with van der Waals surface area (Å²) in [5.74, 6) is 1.24. The molecule has 1 aromatic heterocycles. The molecule has 2 atom stereocenters. The number of nitrogens with zero attached hydrogens (tertiary/aromatic N) is 3. The highest BCUT2D eigenvalue weighted by Crippen LogP contribution is 2.39. The van der Waals surface area contributed by atoms with E-state index in [-0.39, 0.29) is 11.2 Å². The number of sulfonamides is 1. The van der Waals surface area contributed by atoms with Gasteiger partial charge in [0, 0.05) is 54.4 Å². The van der Waals surface area contributed by atoms with Gasteiger partial charge in [-0.15, -0.1) is 0 Å². The third-order valence-corrected chi connectivity index (χ3v) is 8.68. The molecule has 0 saturated carbocycles. The minimum Gasteiger partial charge on any atom is -0.382 e. The summed E-state index contributed by atoms with van der Waals surface area (Å²) in [6, 6.07) is 7.17. The molecule has 40 heavy (non-hydrogen) atoms. The van der Waals surface area contributed by atoms with Crippen LogP contribution in [-0.4, -0.2) is 56.3 Å². The third-order valence-electron chi connectivity index (χ3n) is 7.18. The van der Waals surface area contributed by atoms with Crippen LogP contribution in [0.5, 0.6) is 0 Å². The predicted octanol–water partition coefficient (Wildman–Crippen LogP) is 4.47. The van der Waals surface area contributed by atoms with Gasteiger partial charge in [-0.2, -0.15) is 5.10 Å². The molecule has 2 heterocycles. The standard InChI is InChI=1S/C29H36N6O4S/c1-5-15-40(36,37)35-21-8-6-7-20(16-21)26-32-24-11-12-29(3,39-14-13-38-4)18-23(24)27(33-26)31-22-9-10-25-28(2,17-22)19-30-34-25/h6-12,16,19,34-35H,5,13-15,17-18H2,1-4H3,(H,31,32,33). The van der Waals surface area contributed by atoms with E-state index >= 15 is 0 Å². The van der Waals surface area contributed by atoms with E-state index in [2.05, 4.69) is 27.5 Å². The van der Waals surface area contributed by atoms with E-state index in [0.717, 1.165) is 29.1 Å². The maximum absolute atomic E-state index is 12.4. The smallest absolute Gasteiger partial charge is 0.232 e. The molecule has 1 aromatic carbocycles. The van der Waals surface area contributed by atoms with Gasteiger partial charge in [-0.3, -0.25) is 10.1 Å². The topological polar surface area (TPSA) is 127 Å². The summed E-state index contributed by atoms with van der Waals surface area (Å²) >= 11 is 0. The van der Waals surface area contributed by atoms with E-state index in [0.29, 0.717) is 48.9 Å². The van der Waals surface area contributed by atoms with Crippen molar-refractivity contribution in [1.29, 1.82) is 0 Å². The fourth-order valence-electron chi connectivity index (χ4n) is 5.08. The molecule has 1 aliphatic heterocycles. The lowest BCUT2D eigenvalue weighted by atomic mass is 9.81. The zero-order valence-corrected chi connectivity index (χ0v) is 24.1. The number of aromatic nitrogens is 2. The van der Waals surface area contributed by atoms with E-state index in [1.807, 2.05) is 50.4 Å². The molecule has 0 fully saturated rings. The van der Waals surface area contributed by atoms with Crippen molar-refractivity contribution in [3.8, 4) is 11.4 Å². The van der Waals surface area contributed by atoms with Crippen LogP contribution in [0.1, 0.15) is 44.9 Å². The molecule has 2 aliphatic carbocycles. The van der Waals surface area contributed by atoms with Crippen molar-refractivity contribution in [3.63, 3.8) is 0 Å². The summed E-state index contributed by atoms with van der Waals surface area (Å²) < 4.78 is 38.7. The minimum atomic E-state index is -3.43. The lowest BCUT2D eigenvalue weighted by molar-refractivity contribution is -0.0201. The first-order chi connectivity index (χ1) is 19.1. The zero-order valence-electron chi connectivity index (χ0n) is 23.3. The Morgan fingerprint density at radius 1 is 1.12 bits per heavy atom. The second kappa shape index (κ2) is 11.1. The maximum atomic E-state index is 12.4. The Morgan fingerprint density at radius 3 is 2.77 bits per heavy atom. The molecule has 212 valence electrons. The van der Waals surface area contributed by atoms with Crippen LogP contribution in [0.4, 0.5) is 11.5 Å². The third kappa shape index (κ3) is 6.11. The molecule has 10 nitrogen and oxygen atoms in total. The normalized spacial score (nSPS) is 23.1. The molecule has 0 amide bonds. The Balaban J connectivity index is 1.51. The number of hydrogen-bond donors (Lipinski definition) is 3. The van der Waals surface area contributed by atoms with Gasteiger partial charge < -0.3 is 14.8 Å². The number of fused-ring (bicyclic) bond motifs is 2. The van der Waals surface area contributed by atoms with Gasteiger partial charge >= 0.3 is 0 Å². The second-order valence-electron chi connectivity index (χ2n) is 10.8. The molecule has 2 aromatic rings. The van der Waals surface area contributed by atoms with Crippen LogP contribution in [0.2, 0.25) is 0 Å². The molecule has 3 aliphatic rings. The number of anilines is 2. The number of hydrogen-bond acceptors (Lipinski definition) is 9. The highest BCUT2D eigenvalue weighted by Gasteiger charge is 2.35. The summed E-state index contributed by atoms with van der Waals surface area (Å²) in [4.78, 5) is 9.85. The highest BCUT2D eigenvalue weighted by molar-refractivity contribution is 7.92. The molecular weight excluding hydrogens is 528 g/mol. The highest BCUT2D eigenvalue weighted by atomic mass is 32.2.